The van der Waals surface area contributed by atoms with E-state index in [-0.39, 0.29) is 0 Å². The lowest BCUT2D eigenvalue weighted by molar-refractivity contribution is 0.134. The van der Waals surface area contributed by atoms with Gasteiger partial charge in [0, 0.05) is 18.0 Å². The van der Waals surface area contributed by atoms with Gasteiger partial charge < -0.3 is 4.74 Å². The monoisotopic (exact) mass is 179 g/mol. The Labute approximate surface area is 80.0 Å². The molecule has 72 valence electrons. The maximum absolute atomic E-state index is 5.32. The summed E-state index contributed by atoms with van der Waals surface area (Å²) in [6, 6.07) is 0. The standard InChI is InChI=1S/C9H11NO.C2H6/c1-2-7-3-10-4-8-5-11-6-9(7)8;1-2/h3-4H,2,5-6H2,1H3;1-2H3. The number of ether oxygens (including phenoxy) is 1. The van der Waals surface area contributed by atoms with Crippen LogP contribution in [0.25, 0.3) is 0 Å². The summed E-state index contributed by atoms with van der Waals surface area (Å²) in [6.07, 6.45) is 4.90. The number of hydrogen-bond donors (Lipinski definition) is 0. The fourth-order valence-corrected chi connectivity index (χ4v) is 1.46. The second-order valence-electron chi connectivity index (χ2n) is 2.78. The van der Waals surface area contributed by atoms with Gasteiger partial charge in [0.1, 0.15) is 0 Å². The molecule has 2 nitrogen and oxygen atoms in total. The van der Waals surface area contributed by atoms with Crippen molar-refractivity contribution in [2.45, 2.75) is 40.4 Å². The van der Waals surface area contributed by atoms with Crippen LogP contribution in [0.15, 0.2) is 12.4 Å². The van der Waals surface area contributed by atoms with Crippen LogP contribution in [0.5, 0.6) is 0 Å². The molecule has 0 saturated heterocycles. The van der Waals surface area contributed by atoms with Crippen LogP contribution in [-0.2, 0) is 24.4 Å². The van der Waals surface area contributed by atoms with Crippen LogP contribution in [0.1, 0.15) is 37.5 Å². The van der Waals surface area contributed by atoms with E-state index in [0.29, 0.717) is 0 Å². The molecule has 0 atom stereocenters. The van der Waals surface area contributed by atoms with Crippen LogP contribution in [0.2, 0.25) is 0 Å². The van der Waals surface area contributed by atoms with E-state index >= 15 is 0 Å². The summed E-state index contributed by atoms with van der Waals surface area (Å²) in [6.45, 7) is 7.67. The van der Waals surface area contributed by atoms with Gasteiger partial charge in [0.05, 0.1) is 13.2 Å². The topological polar surface area (TPSA) is 22.1 Å². The van der Waals surface area contributed by atoms with Crippen molar-refractivity contribution in [2.24, 2.45) is 0 Å². The van der Waals surface area contributed by atoms with E-state index in [1.807, 2.05) is 26.2 Å². The number of aromatic nitrogens is 1. The van der Waals surface area contributed by atoms with Crippen LogP contribution < -0.4 is 0 Å². The summed E-state index contributed by atoms with van der Waals surface area (Å²) >= 11 is 0. The summed E-state index contributed by atoms with van der Waals surface area (Å²) in [5.74, 6) is 0. The van der Waals surface area contributed by atoms with Gasteiger partial charge in [-0.05, 0) is 17.5 Å². The van der Waals surface area contributed by atoms with Crippen molar-refractivity contribution in [3.63, 3.8) is 0 Å². The Morgan fingerprint density at radius 3 is 2.77 bits per heavy atom. The van der Waals surface area contributed by atoms with E-state index in [1.54, 1.807) is 0 Å². The van der Waals surface area contributed by atoms with Gasteiger partial charge in [-0.3, -0.25) is 4.98 Å². The molecule has 0 aromatic carbocycles. The molecule has 1 aliphatic rings. The maximum atomic E-state index is 5.32. The molecule has 1 aromatic rings. The Kier molecular flexibility index (Phi) is 3.90. The lowest BCUT2D eigenvalue weighted by Gasteiger charge is -2.01. The van der Waals surface area contributed by atoms with E-state index < -0.39 is 0 Å². The quantitative estimate of drug-likeness (QED) is 0.661. The van der Waals surface area contributed by atoms with Crippen molar-refractivity contribution in [1.82, 2.24) is 4.98 Å². The minimum atomic E-state index is 0.746. The highest BCUT2D eigenvalue weighted by Gasteiger charge is 2.13. The third-order valence-corrected chi connectivity index (χ3v) is 2.12. The fourth-order valence-electron chi connectivity index (χ4n) is 1.46. The van der Waals surface area contributed by atoms with Gasteiger partial charge in [0.15, 0.2) is 0 Å². The van der Waals surface area contributed by atoms with E-state index in [2.05, 4.69) is 11.9 Å². The van der Waals surface area contributed by atoms with Crippen molar-refractivity contribution in [2.75, 3.05) is 0 Å². The Morgan fingerprint density at radius 1 is 1.31 bits per heavy atom. The molecule has 0 amide bonds. The molecule has 13 heavy (non-hydrogen) atoms. The predicted molar refractivity (Wildman–Crippen MR) is 53.5 cm³/mol. The molecule has 0 N–H and O–H groups in total. The van der Waals surface area contributed by atoms with Gasteiger partial charge >= 0.3 is 0 Å². The summed E-state index contributed by atoms with van der Waals surface area (Å²) in [5.41, 5.74) is 3.96. The summed E-state index contributed by atoms with van der Waals surface area (Å²) in [4.78, 5) is 4.15. The fraction of sp³-hybridized carbons (Fsp3) is 0.545. The SMILES string of the molecule is CC.CCc1cncc2c1COC2. The first-order chi connectivity index (χ1) is 6.42. The smallest absolute Gasteiger partial charge is 0.0740 e. The van der Waals surface area contributed by atoms with Crippen LogP contribution in [0.3, 0.4) is 0 Å². The average molecular weight is 179 g/mol. The number of fused-ring (bicyclic) bond motifs is 1. The van der Waals surface area contributed by atoms with Crippen molar-refractivity contribution in [3.8, 4) is 0 Å². The van der Waals surface area contributed by atoms with Gasteiger partial charge in [-0.25, -0.2) is 0 Å². The van der Waals surface area contributed by atoms with Crippen molar-refractivity contribution in [3.05, 3.63) is 29.1 Å². The van der Waals surface area contributed by atoms with Crippen molar-refractivity contribution >= 4 is 0 Å². The number of hydrogen-bond acceptors (Lipinski definition) is 2. The molecule has 1 aromatic heterocycles. The third-order valence-electron chi connectivity index (χ3n) is 2.12. The molecule has 0 unspecified atom stereocenters. The van der Waals surface area contributed by atoms with E-state index in [9.17, 15) is 0 Å². The van der Waals surface area contributed by atoms with Crippen LogP contribution in [0.4, 0.5) is 0 Å². The molecule has 2 heteroatoms. The summed E-state index contributed by atoms with van der Waals surface area (Å²) in [5, 5.41) is 0. The molecule has 0 bridgehead atoms. The van der Waals surface area contributed by atoms with E-state index in [4.69, 9.17) is 4.74 Å². The lowest BCUT2D eigenvalue weighted by Crippen LogP contribution is -1.92. The Balaban J connectivity index is 0.000000396. The van der Waals surface area contributed by atoms with Gasteiger partial charge in [0.25, 0.3) is 0 Å². The molecule has 0 radical (unpaired) electrons. The highest BCUT2D eigenvalue weighted by Crippen LogP contribution is 2.22. The number of pyridine rings is 1. The van der Waals surface area contributed by atoms with Gasteiger partial charge in [0.2, 0.25) is 0 Å². The first kappa shape index (κ1) is 10.2. The van der Waals surface area contributed by atoms with Gasteiger partial charge in [-0.1, -0.05) is 20.8 Å². The molecule has 0 saturated carbocycles. The predicted octanol–water partition coefficient (Wildman–Crippen LogP) is 2.70. The lowest BCUT2D eigenvalue weighted by atomic mass is 10.1. The second-order valence-corrected chi connectivity index (χ2v) is 2.78. The minimum absolute atomic E-state index is 0.746. The zero-order valence-electron chi connectivity index (χ0n) is 8.63. The molecule has 2 rings (SSSR count). The Morgan fingerprint density at radius 2 is 2.08 bits per heavy atom. The second kappa shape index (κ2) is 4.97. The number of nitrogens with zero attached hydrogens (tertiary/aromatic N) is 1. The van der Waals surface area contributed by atoms with Crippen LogP contribution in [-0.4, -0.2) is 4.98 Å². The van der Waals surface area contributed by atoms with Gasteiger partial charge in [-0.15, -0.1) is 0 Å². The van der Waals surface area contributed by atoms with Gasteiger partial charge in [-0.2, -0.15) is 0 Å². The van der Waals surface area contributed by atoms with Crippen LogP contribution >= 0.6 is 0 Å². The minimum Gasteiger partial charge on any atom is -0.372 e. The molecule has 0 aliphatic carbocycles. The Hall–Kier alpha value is -0.890. The van der Waals surface area contributed by atoms with E-state index in [1.165, 1.54) is 16.7 Å². The first-order valence-electron chi connectivity index (χ1n) is 4.94. The zero-order chi connectivity index (χ0) is 9.68. The molecule has 2 heterocycles. The highest BCUT2D eigenvalue weighted by atomic mass is 16.5. The summed E-state index contributed by atoms with van der Waals surface area (Å²) in [7, 11) is 0. The molecule has 0 fully saturated rings. The molecular formula is C11H17NO. The Bertz CT molecular complexity index is 271. The highest BCUT2D eigenvalue weighted by molar-refractivity contribution is 5.32. The molecule has 1 aliphatic heterocycles. The summed E-state index contributed by atoms with van der Waals surface area (Å²) < 4.78 is 5.32. The number of rotatable bonds is 1. The van der Waals surface area contributed by atoms with E-state index in [0.717, 1.165) is 19.6 Å². The van der Waals surface area contributed by atoms with Crippen molar-refractivity contribution in [1.29, 1.82) is 0 Å². The van der Waals surface area contributed by atoms with Crippen molar-refractivity contribution < 1.29 is 4.74 Å². The zero-order valence-corrected chi connectivity index (χ0v) is 8.63. The maximum Gasteiger partial charge on any atom is 0.0740 e. The normalized spacial score (nSPS) is 13.2. The third kappa shape index (κ3) is 2.07. The molecular weight excluding hydrogens is 162 g/mol. The largest absolute Gasteiger partial charge is 0.372 e. The number of aryl methyl sites for hydroxylation is 1. The molecule has 0 spiro atoms. The average Bonchev–Trinajstić information content (AvgIpc) is 2.68. The first-order valence-corrected chi connectivity index (χ1v) is 4.94. The van der Waals surface area contributed by atoms with Crippen LogP contribution in [0, 0.1) is 0 Å².